The Bertz CT molecular complexity index is 806. The van der Waals surface area contributed by atoms with Crippen LogP contribution in [0.2, 0.25) is 0 Å². The number of nitrogens with zero attached hydrogens (tertiary/aromatic N) is 3. The van der Waals surface area contributed by atoms with E-state index >= 15 is 0 Å². The normalized spacial score (nSPS) is 17.7. The summed E-state index contributed by atoms with van der Waals surface area (Å²) in [5, 5.41) is 3.47. The Morgan fingerprint density at radius 3 is 2.67 bits per heavy atom. The number of anilines is 2. The van der Waals surface area contributed by atoms with Crippen molar-refractivity contribution in [3.63, 3.8) is 0 Å². The monoisotopic (exact) mass is 378 g/mol. The smallest absolute Gasteiger partial charge is 0.406 e. The summed E-state index contributed by atoms with van der Waals surface area (Å²) in [7, 11) is 0. The van der Waals surface area contributed by atoms with Gasteiger partial charge in [0.1, 0.15) is 23.7 Å². The van der Waals surface area contributed by atoms with Crippen LogP contribution in [0.4, 0.5) is 24.8 Å². The summed E-state index contributed by atoms with van der Waals surface area (Å²) < 4.78 is 41.2. The van der Waals surface area contributed by atoms with Gasteiger partial charge in [0.15, 0.2) is 0 Å². The number of alkyl halides is 3. The van der Waals surface area contributed by atoms with Gasteiger partial charge < -0.3 is 15.0 Å². The molecule has 0 radical (unpaired) electrons. The number of fused-ring (bicyclic) bond motifs is 1. The average Bonchev–Trinajstić information content (AvgIpc) is 3.13. The molecule has 4 rings (SSSR count). The number of benzene rings is 1. The summed E-state index contributed by atoms with van der Waals surface area (Å²) in [4.78, 5) is 10.8. The maximum absolute atomic E-state index is 12.4. The van der Waals surface area contributed by atoms with Gasteiger partial charge in [-0.25, -0.2) is 9.97 Å². The van der Waals surface area contributed by atoms with Crippen LogP contribution in [0.25, 0.3) is 0 Å². The average molecular weight is 378 g/mol. The van der Waals surface area contributed by atoms with Crippen LogP contribution in [-0.2, 0) is 13.0 Å². The van der Waals surface area contributed by atoms with Gasteiger partial charge >= 0.3 is 6.36 Å². The van der Waals surface area contributed by atoms with E-state index in [1.807, 2.05) is 6.07 Å². The van der Waals surface area contributed by atoms with Gasteiger partial charge in [-0.15, -0.1) is 13.2 Å². The summed E-state index contributed by atoms with van der Waals surface area (Å²) in [6, 6.07) is 6.96. The fraction of sp³-hybridized carbons (Fsp3) is 0.474. The minimum Gasteiger partial charge on any atom is -0.406 e. The Morgan fingerprint density at radius 2 is 1.89 bits per heavy atom. The molecule has 1 aromatic carbocycles. The Balaban J connectivity index is 1.46. The first-order valence-corrected chi connectivity index (χ1v) is 9.17. The maximum atomic E-state index is 12.4. The second-order valence-corrected chi connectivity index (χ2v) is 7.04. The molecular formula is C19H21F3N4O. The van der Waals surface area contributed by atoms with Gasteiger partial charge in [0.25, 0.3) is 0 Å². The number of hydrogen-bond acceptors (Lipinski definition) is 5. The molecule has 0 bridgehead atoms. The largest absolute Gasteiger partial charge is 0.573 e. The first-order valence-electron chi connectivity index (χ1n) is 9.17. The topological polar surface area (TPSA) is 50.3 Å². The number of hydrogen-bond donors (Lipinski definition) is 1. The standard InChI is InChI=1S/C19H21F3N4O/c20-19(21,22)27-16-6-5-14-11-26(8-7-13(14)9-16)18-10-17(23-12-24-18)25-15-3-1-2-4-15/h5-6,9-10,12,15H,1-4,7-8,11H2,(H,23,24,25). The van der Waals surface area contributed by atoms with Crippen molar-refractivity contribution >= 4 is 11.6 Å². The molecule has 27 heavy (non-hydrogen) atoms. The van der Waals surface area contributed by atoms with E-state index in [9.17, 15) is 13.2 Å². The molecule has 2 aromatic rings. The Kier molecular flexibility index (Phi) is 4.80. The second-order valence-electron chi connectivity index (χ2n) is 7.04. The summed E-state index contributed by atoms with van der Waals surface area (Å²) in [5.74, 6) is 1.48. The fourth-order valence-electron chi connectivity index (χ4n) is 3.80. The number of ether oxygens (including phenoxy) is 1. The molecule has 1 N–H and O–H groups in total. The van der Waals surface area contributed by atoms with E-state index < -0.39 is 6.36 Å². The summed E-state index contributed by atoms with van der Waals surface area (Å²) in [6.07, 6.45) is 2.36. The highest BCUT2D eigenvalue weighted by atomic mass is 19.4. The van der Waals surface area contributed by atoms with Gasteiger partial charge in [-0.1, -0.05) is 18.9 Å². The molecular weight excluding hydrogens is 357 g/mol. The highest BCUT2D eigenvalue weighted by Gasteiger charge is 2.31. The van der Waals surface area contributed by atoms with E-state index in [1.54, 1.807) is 12.4 Å². The van der Waals surface area contributed by atoms with Crippen molar-refractivity contribution in [2.24, 2.45) is 0 Å². The van der Waals surface area contributed by atoms with Gasteiger partial charge in [-0.3, -0.25) is 0 Å². The molecule has 2 aliphatic rings. The van der Waals surface area contributed by atoms with Gasteiger partial charge in [-0.2, -0.15) is 0 Å². The molecule has 0 atom stereocenters. The maximum Gasteiger partial charge on any atom is 0.573 e. The zero-order valence-electron chi connectivity index (χ0n) is 14.8. The third-order valence-electron chi connectivity index (χ3n) is 5.11. The number of halogens is 3. The summed E-state index contributed by atoms with van der Waals surface area (Å²) >= 11 is 0. The van der Waals surface area contributed by atoms with Crippen LogP contribution in [0.5, 0.6) is 5.75 Å². The fourth-order valence-corrected chi connectivity index (χ4v) is 3.80. The van der Waals surface area contributed by atoms with Crippen LogP contribution >= 0.6 is 0 Å². The van der Waals surface area contributed by atoms with Crippen molar-refractivity contribution in [2.75, 3.05) is 16.8 Å². The van der Waals surface area contributed by atoms with Gasteiger partial charge in [0.2, 0.25) is 0 Å². The number of nitrogens with one attached hydrogen (secondary N) is 1. The van der Waals surface area contributed by atoms with Crippen LogP contribution in [0, 0.1) is 0 Å². The molecule has 2 heterocycles. The van der Waals surface area contributed by atoms with Crippen molar-refractivity contribution in [3.05, 3.63) is 41.7 Å². The Labute approximate surface area is 155 Å². The quantitative estimate of drug-likeness (QED) is 0.860. The van der Waals surface area contributed by atoms with Crippen molar-refractivity contribution in [2.45, 2.75) is 51.1 Å². The molecule has 0 spiro atoms. The van der Waals surface area contributed by atoms with Gasteiger partial charge in [0, 0.05) is 25.2 Å². The lowest BCUT2D eigenvalue weighted by Crippen LogP contribution is -2.31. The van der Waals surface area contributed by atoms with Gasteiger partial charge in [-0.05, 0) is 42.5 Å². The van der Waals surface area contributed by atoms with E-state index in [1.165, 1.54) is 37.8 Å². The third kappa shape index (κ3) is 4.43. The van der Waals surface area contributed by atoms with Crippen LogP contribution in [0.3, 0.4) is 0 Å². The molecule has 0 saturated heterocycles. The number of rotatable bonds is 4. The van der Waals surface area contributed by atoms with E-state index in [-0.39, 0.29) is 5.75 Å². The molecule has 1 aliphatic heterocycles. The zero-order valence-corrected chi connectivity index (χ0v) is 14.8. The van der Waals surface area contributed by atoms with Crippen molar-refractivity contribution in [1.29, 1.82) is 0 Å². The van der Waals surface area contributed by atoms with Crippen molar-refractivity contribution < 1.29 is 17.9 Å². The van der Waals surface area contributed by atoms with E-state index in [4.69, 9.17) is 0 Å². The highest BCUT2D eigenvalue weighted by Crippen LogP contribution is 2.30. The van der Waals surface area contributed by atoms with Gasteiger partial charge in [0.05, 0.1) is 0 Å². The predicted molar refractivity (Wildman–Crippen MR) is 95.8 cm³/mol. The molecule has 1 aromatic heterocycles. The van der Waals surface area contributed by atoms with Crippen LogP contribution in [0.1, 0.15) is 36.8 Å². The van der Waals surface area contributed by atoms with Crippen LogP contribution in [-0.4, -0.2) is 28.9 Å². The summed E-state index contributed by atoms with van der Waals surface area (Å²) in [6.45, 7) is 1.28. The lowest BCUT2D eigenvalue weighted by Gasteiger charge is -2.30. The first-order chi connectivity index (χ1) is 13.0. The lowest BCUT2D eigenvalue weighted by atomic mass is 9.99. The summed E-state index contributed by atoms with van der Waals surface area (Å²) in [5.41, 5.74) is 1.87. The molecule has 8 heteroatoms. The van der Waals surface area contributed by atoms with Crippen molar-refractivity contribution in [1.82, 2.24) is 9.97 Å². The molecule has 144 valence electrons. The third-order valence-corrected chi connectivity index (χ3v) is 5.11. The minimum atomic E-state index is -4.67. The van der Waals surface area contributed by atoms with E-state index in [0.29, 0.717) is 25.6 Å². The molecule has 1 fully saturated rings. The predicted octanol–water partition coefficient (Wildman–Crippen LogP) is 4.29. The van der Waals surface area contributed by atoms with E-state index in [0.717, 1.165) is 22.8 Å². The highest BCUT2D eigenvalue weighted by molar-refractivity contribution is 5.51. The lowest BCUT2D eigenvalue weighted by molar-refractivity contribution is -0.274. The second kappa shape index (κ2) is 7.25. The first kappa shape index (κ1) is 17.9. The molecule has 1 aliphatic carbocycles. The van der Waals surface area contributed by atoms with E-state index in [2.05, 4.69) is 24.9 Å². The SMILES string of the molecule is FC(F)(F)Oc1ccc2c(c1)CCN(c1cc(NC3CCCC3)ncn1)C2. The molecule has 0 unspecified atom stereocenters. The van der Waals surface area contributed by atoms with Crippen LogP contribution < -0.4 is 15.0 Å². The Morgan fingerprint density at radius 1 is 1.07 bits per heavy atom. The van der Waals surface area contributed by atoms with Crippen LogP contribution in [0.15, 0.2) is 30.6 Å². The zero-order chi connectivity index (χ0) is 18.9. The van der Waals surface area contributed by atoms with Crippen molar-refractivity contribution in [3.8, 4) is 5.75 Å². The number of aromatic nitrogens is 2. The molecule has 0 amide bonds. The Hall–Kier alpha value is -2.51. The minimum absolute atomic E-state index is 0.167. The molecule has 1 saturated carbocycles. The molecule has 5 nitrogen and oxygen atoms in total.